The van der Waals surface area contributed by atoms with Crippen LogP contribution in [-0.4, -0.2) is 46.8 Å². The van der Waals surface area contributed by atoms with Crippen molar-refractivity contribution in [2.75, 3.05) is 13.2 Å². The summed E-state index contributed by atoms with van der Waals surface area (Å²) in [4.78, 5) is 9.91. The third kappa shape index (κ3) is 7.27. The van der Waals surface area contributed by atoms with Crippen LogP contribution in [0.15, 0.2) is 100 Å². The maximum Gasteiger partial charge on any atom is 0.297 e. The summed E-state index contributed by atoms with van der Waals surface area (Å²) >= 11 is 0. The van der Waals surface area contributed by atoms with Gasteiger partial charge >= 0.3 is 0 Å². The maximum absolute atomic E-state index is 12.8. The van der Waals surface area contributed by atoms with E-state index in [4.69, 9.17) is 13.2 Å². The van der Waals surface area contributed by atoms with Gasteiger partial charge in [-0.25, -0.2) is 0 Å². The number of nitrogens with zero attached hydrogens (tertiary/aromatic N) is 2. The lowest BCUT2D eigenvalue weighted by molar-refractivity contribution is -0.0804. The highest BCUT2D eigenvalue weighted by Crippen LogP contribution is 2.22. The molecule has 0 amide bonds. The highest BCUT2D eigenvalue weighted by molar-refractivity contribution is 7.87. The number of aromatic nitrogens is 1. The van der Waals surface area contributed by atoms with Crippen LogP contribution in [0.2, 0.25) is 0 Å². The van der Waals surface area contributed by atoms with Gasteiger partial charge in [-0.05, 0) is 51.1 Å². The lowest BCUT2D eigenvalue weighted by Crippen LogP contribution is -2.40. The molecule has 4 rings (SSSR count). The van der Waals surface area contributed by atoms with E-state index in [0.29, 0.717) is 11.1 Å². The fourth-order valence-electron chi connectivity index (χ4n) is 3.49. The predicted octanol–water partition coefficient (Wildman–Crippen LogP) is 4.77. The van der Waals surface area contributed by atoms with Gasteiger partial charge < -0.3 is 4.84 Å². The number of benzene rings is 3. The fourth-order valence-corrected chi connectivity index (χ4v) is 5.51. The molecule has 0 radical (unpaired) electrons. The number of hydrogen-bond acceptors (Lipinski definition) is 9. The van der Waals surface area contributed by atoms with E-state index in [1.807, 2.05) is 38.1 Å². The van der Waals surface area contributed by atoms with Gasteiger partial charge in [-0.2, -0.15) is 16.8 Å². The summed E-state index contributed by atoms with van der Waals surface area (Å²) in [5.74, 6) is 0. The van der Waals surface area contributed by atoms with Crippen LogP contribution >= 0.6 is 0 Å². The molecule has 39 heavy (non-hydrogen) atoms. The van der Waals surface area contributed by atoms with Crippen LogP contribution in [0.5, 0.6) is 0 Å². The smallest absolute Gasteiger partial charge is 0.297 e. The minimum absolute atomic E-state index is 0.0472. The molecule has 0 aliphatic rings. The van der Waals surface area contributed by atoms with Gasteiger partial charge in [-0.1, -0.05) is 64.8 Å². The zero-order valence-corrected chi connectivity index (χ0v) is 23.3. The molecular weight excluding hydrogens is 540 g/mol. The number of aryl methyl sites for hydroxylation is 2. The number of oxime groups is 1. The summed E-state index contributed by atoms with van der Waals surface area (Å²) < 4.78 is 61.7. The maximum atomic E-state index is 12.8. The first kappa shape index (κ1) is 28.4. The minimum Gasteiger partial charge on any atom is -0.384 e. The van der Waals surface area contributed by atoms with E-state index in [9.17, 15) is 16.8 Å². The molecule has 0 saturated heterocycles. The summed E-state index contributed by atoms with van der Waals surface area (Å²) in [6, 6.07) is 21.5. The molecule has 0 aliphatic carbocycles. The molecule has 0 aliphatic heterocycles. The summed E-state index contributed by atoms with van der Waals surface area (Å²) in [7, 11) is -8.35. The molecular formula is C28H28N2O7S2. The fraction of sp³-hybridized carbons (Fsp3) is 0.214. The molecule has 1 aromatic heterocycles. The van der Waals surface area contributed by atoms with E-state index >= 15 is 0 Å². The standard InChI is InChI=1S/C28H28N2O7S2/c1-21-9-13-25(14-10-21)38(31,32)35-19-28(3,20-36-39(33,34)26-15-11-22(2)12-16-26)37-30-18-24-7-4-6-23-8-5-17-29-27(23)24/h4-18H,19-20H2,1-3H3/b30-18+. The van der Waals surface area contributed by atoms with Gasteiger partial charge in [-0.3, -0.25) is 13.4 Å². The Labute approximate surface area is 228 Å². The van der Waals surface area contributed by atoms with Gasteiger partial charge in [0, 0.05) is 17.1 Å². The zero-order valence-electron chi connectivity index (χ0n) is 21.6. The second kappa shape index (κ2) is 11.6. The minimum atomic E-state index is -4.17. The first-order valence-corrected chi connectivity index (χ1v) is 14.8. The van der Waals surface area contributed by atoms with Crippen LogP contribution in [-0.2, 0) is 33.4 Å². The lowest BCUT2D eigenvalue weighted by Gasteiger charge is -2.26. The van der Waals surface area contributed by atoms with E-state index in [1.54, 1.807) is 36.5 Å². The van der Waals surface area contributed by atoms with Gasteiger partial charge in [0.25, 0.3) is 20.2 Å². The largest absolute Gasteiger partial charge is 0.384 e. The van der Waals surface area contributed by atoms with E-state index in [2.05, 4.69) is 10.1 Å². The molecule has 0 atom stereocenters. The number of hydrogen-bond donors (Lipinski definition) is 0. The van der Waals surface area contributed by atoms with Gasteiger partial charge in [0.2, 0.25) is 0 Å². The Bertz CT molecular complexity index is 1600. The van der Waals surface area contributed by atoms with E-state index in [1.165, 1.54) is 37.4 Å². The van der Waals surface area contributed by atoms with Crippen molar-refractivity contribution in [3.63, 3.8) is 0 Å². The Morgan fingerprint density at radius 1 is 0.769 bits per heavy atom. The summed E-state index contributed by atoms with van der Waals surface area (Å²) in [6.45, 7) is 3.96. The molecule has 0 N–H and O–H groups in total. The second-order valence-corrected chi connectivity index (χ2v) is 12.5. The first-order chi connectivity index (χ1) is 18.5. The van der Waals surface area contributed by atoms with Crippen molar-refractivity contribution in [2.45, 2.75) is 36.2 Å². The van der Waals surface area contributed by atoms with E-state index in [-0.39, 0.29) is 9.79 Å². The molecule has 4 aromatic rings. The van der Waals surface area contributed by atoms with Gasteiger partial charge in [0.1, 0.15) is 13.2 Å². The summed E-state index contributed by atoms with van der Waals surface area (Å²) in [5.41, 5.74) is 1.50. The van der Waals surface area contributed by atoms with Crippen molar-refractivity contribution in [1.29, 1.82) is 0 Å². The molecule has 11 heteroatoms. The molecule has 0 bridgehead atoms. The topological polar surface area (TPSA) is 121 Å². The monoisotopic (exact) mass is 568 g/mol. The van der Waals surface area contributed by atoms with Crippen LogP contribution in [0.1, 0.15) is 23.6 Å². The highest BCUT2D eigenvalue weighted by Gasteiger charge is 2.34. The number of fused-ring (bicyclic) bond motifs is 1. The number of pyridine rings is 1. The van der Waals surface area contributed by atoms with E-state index in [0.717, 1.165) is 16.5 Å². The Morgan fingerprint density at radius 3 is 1.82 bits per heavy atom. The van der Waals surface area contributed by atoms with Crippen molar-refractivity contribution in [2.24, 2.45) is 5.16 Å². The predicted molar refractivity (Wildman–Crippen MR) is 147 cm³/mol. The number of rotatable bonds is 11. The van der Waals surface area contributed by atoms with Crippen molar-refractivity contribution in [3.8, 4) is 0 Å². The molecule has 3 aromatic carbocycles. The Kier molecular flexibility index (Phi) is 8.45. The summed E-state index contributed by atoms with van der Waals surface area (Å²) in [6.07, 6.45) is 3.06. The quantitative estimate of drug-likeness (QED) is 0.144. The Morgan fingerprint density at radius 2 is 1.28 bits per heavy atom. The van der Waals surface area contributed by atoms with Gasteiger partial charge in [-0.15, -0.1) is 0 Å². The normalized spacial score (nSPS) is 12.7. The average Bonchev–Trinajstić information content (AvgIpc) is 2.92. The molecule has 204 valence electrons. The SMILES string of the molecule is Cc1ccc(S(=O)(=O)OCC(C)(COS(=O)(=O)c2ccc(C)cc2)O/N=C/c2cccc3cccnc23)cc1. The van der Waals surface area contributed by atoms with Crippen molar-refractivity contribution >= 4 is 37.4 Å². The molecule has 0 spiro atoms. The summed E-state index contributed by atoms with van der Waals surface area (Å²) in [5, 5.41) is 4.91. The molecule has 0 fully saturated rings. The van der Waals surface area contributed by atoms with E-state index < -0.39 is 39.1 Å². The van der Waals surface area contributed by atoms with Crippen LogP contribution in [0.4, 0.5) is 0 Å². The average molecular weight is 569 g/mol. The Hall–Kier alpha value is -3.64. The molecule has 9 nitrogen and oxygen atoms in total. The zero-order chi connectivity index (χ0) is 28.1. The molecule has 0 saturated carbocycles. The second-order valence-electron chi connectivity index (χ2n) is 9.26. The number of para-hydroxylation sites is 1. The molecule has 0 unspecified atom stereocenters. The van der Waals surface area contributed by atoms with Crippen LogP contribution in [0, 0.1) is 13.8 Å². The van der Waals surface area contributed by atoms with Crippen molar-refractivity contribution in [3.05, 3.63) is 102 Å². The van der Waals surface area contributed by atoms with Crippen LogP contribution < -0.4 is 0 Å². The van der Waals surface area contributed by atoms with Crippen molar-refractivity contribution in [1.82, 2.24) is 4.98 Å². The van der Waals surface area contributed by atoms with Crippen LogP contribution in [0.3, 0.4) is 0 Å². The third-order valence-electron chi connectivity index (χ3n) is 5.79. The van der Waals surface area contributed by atoms with Crippen molar-refractivity contribution < 1.29 is 30.0 Å². The molecule has 1 heterocycles. The first-order valence-electron chi connectivity index (χ1n) is 12.0. The van der Waals surface area contributed by atoms with Gasteiger partial charge in [0.15, 0.2) is 5.60 Å². The third-order valence-corrected chi connectivity index (χ3v) is 8.34. The van der Waals surface area contributed by atoms with Crippen LogP contribution in [0.25, 0.3) is 10.9 Å². The van der Waals surface area contributed by atoms with Gasteiger partial charge in [0.05, 0.1) is 21.5 Å². The lowest BCUT2D eigenvalue weighted by atomic mass is 10.1. The highest BCUT2D eigenvalue weighted by atomic mass is 32.2. The Balaban J connectivity index is 1.56.